The summed E-state index contributed by atoms with van der Waals surface area (Å²) in [7, 11) is 0. The standard InChI is InChI=1S/C13H19N3O2/c1-3-12(17)16-11-6-4-5-10(7-11)13(18)15-9(2)8-14/h4-7,9H,3,8,14H2,1-2H3,(H,15,18)(H,16,17)/t9-/m0/s1. The third kappa shape index (κ3) is 4.18. The highest BCUT2D eigenvalue weighted by Gasteiger charge is 2.09. The Labute approximate surface area is 107 Å². The van der Waals surface area contributed by atoms with Crippen molar-refractivity contribution in [1.82, 2.24) is 5.32 Å². The van der Waals surface area contributed by atoms with Crippen LogP contribution in [-0.4, -0.2) is 24.4 Å². The van der Waals surface area contributed by atoms with E-state index in [9.17, 15) is 9.59 Å². The van der Waals surface area contributed by atoms with Crippen LogP contribution in [0.25, 0.3) is 0 Å². The molecule has 5 heteroatoms. The number of carbonyl (C=O) groups is 2. The van der Waals surface area contributed by atoms with Gasteiger partial charge in [-0.3, -0.25) is 9.59 Å². The van der Waals surface area contributed by atoms with Crippen molar-refractivity contribution in [3.63, 3.8) is 0 Å². The van der Waals surface area contributed by atoms with E-state index in [1.807, 2.05) is 6.92 Å². The Morgan fingerprint density at radius 3 is 2.72 bits per heavy atom. The minimum absolute atomic E-state index is 0.0774. The first kappa shape index (κ1) is 14.2. The van der Waals surface area contributed by atoms with Crippen molar-refractivity contribution in [3.05, 3.63) is 29.8 Å². The van der Waals surface area contributed by atoms with Gasteiger partial charge in [0, 0.05) is 30.3 Å². The predicted molar refractivity (Wildman–Crippen MR) is 71.3 cm³/mol. The Kier molecular flexibility index (Phi) is 5.32. The molecule has 0 aliphatic carbocycles. The van der Waals surface area contributed by atoms with Crippen LogP contribution >= 0.6 is 0 Å². The van der Waals surface area contributed by atoms with Gasteiger partial charge in [-0.1, -0.05) is 13.0 Å². The number of rotatable bonds is 5. The Bertz CT molecular complexity index is 432. The molecule has 0 heterocycles. The van der Waals surface area contributed by atoms with Gasteiger partial charge in [0.15, 0.2) is 0 Å². The fourth-order valence-corrected chi connectivity index (χ4v) is 1.35. The van der Waals surface area contributed by atoms with Gasteiger partial charge in [-0.2, -0.15) is 0 Å². The SMILES string of the molecule is CCC(=O)Nc1cccc(C(=O)N[C@@H](C)CN)c1. The lowest BCUT2D eigenvalue weighted by atomic mass is 10.1. The van der Waals surface area contributed by atoms with Gasteiger partial charge in [-0.05, 0) is 25.1 Å². The average Bonchev–Trinajstić information content (AvgIpc) is 2.38. The third-order valence-electron chi connectivity index (χ3n) is 2.46. The first-order valence-corrected chi connectivity index (χ1v) is 5.97. The van der Waals surface area contributed by atoms with E-state index in [2.05, 4.69) is 10.6 Å². The summed E-state index contributed by atoms with van der Waals surface area (Å²) in [6, 6.07) is 6.74. The van der Waals surface area contributed by atoms with Gasteiger partial charge < -0.3 is 16.4 Å². The summed E-state index contributed by atoms with van der Waals surface area (Å²) < 4.78 is 0. The highest BCUT2D eigenvalue weighted by molar-refractivity contribution is 5.97. The second-order valence-corrected chi connectivity index (χ2v) is 4.09. The van der Waals surface area contributed by atoms with E-state index in [1.54, 1.807) is 31.2 Å². The largest absolute Gasteiger partial charge is 0.348 e. The summed E-state index contributed by atoms with van der Waals surface area (Å²) in [6.07, 6.45) is 0.403. The molecule has 0 unspecified atom stereocenters. The van der Waals surface area contributed by atoms with Crippen LogP contribution in [0.4, 0.5) is 5.69 Å². The third-order valence-corrected chi connectivity index (χ3v) is 2.46. The molecule has 0 radical (unpaired) electrons. The van der Waals surface area contributed by atoms with Crippen LogP contribution in [-0.2, 0) is 4.79 Å². The summed E-state index contributed by atoms with van der Waals surface area (Å²) in [4.78, 5) is 23.1. The van der Waals surface area contributed by atoms with Crippen LogP contribution < -0.4 is 16.4 Å². The van der Waals surface area contributed by atoms with Crippen LogP contribution in [0.1, 0.15) is 30.6 Å². The molecule has 1 aromatic rings. The molecule has 0 aliphatic rings. The molecule has 5 nitrogen and oxygen atoms in total. The van der Waals surface area contributed by atoms with Crippen LogP contribution in [0.3, 0.4) is 0 Å². The van der Waals surface area contributed by atoms with E-state index >= 15 is 0 Å². The maximum atomic E-state index is 11.8. The molecule has 2 amide bonds. The van der Waals surface area contributed by atoms with E-state index in [4.69, 9.17) is 5.73 Å². The number of hydrogen-bond donors (Lipinski definition) is 3. The quantitative estimate of drug-likeness (QED) is 0.731. The summed E-state index contributed by atoms with van der Waals surface area (Å²) in [6.45, 7) is 3.99. The monoisotopic (exact) mass is 249 g/mol. The number of hydrogen-bond acceptors (Lipinski definition) is 3. The van der Waals surface area contributed by atoms with Gasteiger partial charge in [0.25, 0.3) is 5.91 Å². The van der Waals surface area contributed by atoms with Gasteiger partial charge >= 0.3 is 0 Å². The van der Waals surface area contributed by atoms with Gasteiger partial charge in [0.05, 0.1) is 0 Å². The number of anilines is 1. The summed E-state index contributed by atoms with van der Waals surface area (Å²) in [5.41, 5.74) is 6.56. The molecule has 1 rings (SSSR count). The highest BCUT2D eigenvalue weighted by Crippen LogP contribution is 2.11. The lowest BCUT2D eigenvalue weighted by Crippen LogP contribution is -2.37. The smallest absolute Gasteiger partial charge is 0.251 e. The molecule has 0 fully saturated rings. The molecule has 0 aromatic heterocycles. The summed E-state index contributed by atoms with van der Waals surface area (Å²) in [5.74, 6) is -0.275. The van der Waals surface area contributed by atoms with Crippen molar-refractivity contribution < 1.29 is 9.59 Å². The Hall–Kier alpha value is -1.88. The molecule has 0 saturated carbocycles. The lowest BCUT2D eigenvalue weighted by molar-refractivity contribution is -0.115. The van der Waals surface area contributed by atoms with Crippen LogP contribution in [0.5, 0.6) is 0 Å². The Balaban J connectivity index is 2.75. The van der Waals surface area contributed by atoms with Crippen molar-refractivity contribution in [2.24, 2.45) is 5.73 Å². The molecule has 4 N–H and O–H groups in total. The molecular weight excluding hydrogens is 230 g/mol. The van der Waals surface area contributed by atoms with E-state index in [0.29, 0.717) is 24.2 Å². The second kappa shape index (κ2) is 6.76. The molecular formula is C13H19N3O2. The minimum atomic E-state index is -0.194. The van der Waals surface area contributed by atoms with Gasteiger partial charge in [-0.25, -0.2) is 0 Å². The average molecular weight is 249 g/mol. The van der Waals surface area contributed by atoms with E-state index in [-0.39, 0.29) is 17.9 Å². The maximum absolute atomic E-state index is 11.8. The van der Waals surface area contributed by atoms with Crippen molar-refractivity contribution in [1.29, 1.82) is 0 Å². The van der Waals surface area contributed by atoms with E-state index in [0.717, 1.165) is 0 Å². The fraction of sp³-hybridized carbons (Fsp3) is 0.385. The van der Waals surface area contributed by atoms with Gasteiger partial charge in [0.2, 0.25) is 5.91 Å². The molecule has 0 bridgehead atoms. The van der Waals surface area contributed by atoms with Crippen LogP contribution in [0.2, 0.25) is 0 Å². The first-order valence-electron chi connectivity index (χ1n) is 5.97. The number of benzene rings is 1. The topological polar surface area (TPSA) is 84.2 Å². The molecule has 18 heavy (non-hydrogen) atoms. The van der Waals surface area contributed by atoms with Crippen molar-refractivity contribution in [3.8, 4) is 0 Å². The zero-order chi connectivity index (χ0) is 13.5. The van der Waals surface area contributed by atoms with Crippen molar-refractivity contribution in [2.45, 2.75) is 26.3 Å². The summed E-state index contributed by atoms with van der Waals surface area (Å²) in [5, 5.41) is 5.47. The maximum Gasteiger partial charge on any atom is 0.251 e. The van der Waals surface area contributed by atoms with Crippen molar-refractivity contribution in [2.75, 3.05) is 11.9 Å². The van der Waals surface area contributed by atoms with Crippen LogP contribution in [0, 0.1) is 0 Å². The number of amides is 2. The van der Waals surface area contributed by atoms with Gasteiger partial charge in [0.1, 0.15) is 0 Å². The van der Waals surface area contributed by atoms with E-state index in [1.165, 1.54) is 0 Å². The molecule has 1 aromatic carbocycles. The zero-order valence-electron chi connectivity index (χ0n) is 10.7. The predicted octanol–water partition coefficient (Wildman–Crippen LogP) is 1.11. The number of nitrogens with one attached hydrogen (secondary N) is 2. The second-order valence-electron chi connectivity index (χ2n) is 4.09. The normalized spacial score (nSPS) is 11.7. The summed E-state index contributed by atoms with van der Waals surface area (Å²) >= 11 is 0. The molecule has 98 valence electrons. The molecule has 0 aliphatic heterocycles. The highest BCUT2D eigenvalue weighted by atomic mass is 16.2. The Morgan fingerprint density at radius 1 is 1.39 bits per heavy atom. The van der Waals surface area contributed by atoms with Crippen LogP contribution in [0.15, 0.2) is 24.3 Å². The van der Waals surface area contributed by atoms with Crippen molar-refractivity contribution >= 4 is 17.5 Å². The molecule has 0 saturated heterocycles. The van der Waals surface area contributed by atoms with E-state index < -0.39 is 0 Å². The number of nitrogens with two attached hydrogens (primary N) is 1. The Morgan fingerprint density at radius 2 is 2.11 bits per heavy atom. The zero-order valence-corrected chi connectivity index (χ0v) is 10.7. The minimum Gasteiger partial charge on any atom is -0.348 e. The fourth-order valence-electron chi connectivity index (χ4n) is 1.35. The lowest BCUT2D eigenvalue weighted by Gasteiger charge is -2.12. The number of carbonyl (C=O) groups excluding carboxylic acids is 2. The molecule has 1 atom stereocenters. The first-order chi connectivity index (χ1) is 8.56. The molecule has 0 spiro atoms. The van der Waals surface area contributed by atoms with Gasteiger partial charge in [-0.15, -0.1) is 0 Å².